The number of hydrogen-bond acceptors (Lipinski definition) is 2. The minimum Gasteiger partial charge on any atom is -0.294 e. The van der Waals surface area contributed by atoms with E-state index >= 15 is 0 Å². The second kappa shape index (κ2) is 8.64. The molecule has 19 heavy (non-hydrogen) atoms. The van der Waals surface area contributed by atoms with Crippen LogP contribution in [0.4, 0.5) is 0 Å². The molecule has 0 aromatic heterocycles. The number of carbonyl (C=O) groups excluding carboxylic acids is 1. The van der Waals surface area contributed by atoms with Crippen molar-refractivity contribution in [1.29, 1.82) is 0 Å². The molecular weight excluding hydrogens is 324 g/mol. The summed E-state index contributed by atoms with van der Waals surface area (Å²) in [6.07, 6.45) is 2.25. The van der Waals surface area contributed by atoms with E-state index in [1.54, 1.807) is 0 Å². The molecule has 0 N–H and O–H groups in total. The van der Waals surface area contributed by atoms with Gasteiger partial charge in [0.05, 0.1) is 0 Å². The van der Waals surface area contributed by atoms with Gasteiger partial charge in [-0.3, -0.25) is 9.00 Å². The molecule has 0 amide bonds. The normalized spacial score (nSPS) is 14.1. The molecule has 0 aliphatic rings. The van der Waals surface area contributed by atoms with E-state index in [0.717, 1.165) is 22.2 Å². The van der Waals surface area contributed by atoms with Crippen molar-refractivity contribution in [3.63, 3.8) is 0 Å². The van der Waals surface area contributed by atoms with Crippen molar-refractivity contribution in [2.45, 2.75) is 33.1 Å². The predicted molar refractivity (Wildman–Crippen MR) is 85.0 cm³/mol. The molecule has 2 nitrogen and oxygen atoms in total. The monoisotopic (exact) mass is 344 g/mol. The van der Waals surface area contributed by atoms with Crippen molar-refractivity contribution in [2.75, 3.05) is 11.5 Å². The molecule has 2 atom stereocenters. The van der Waals surface area contributed by atoms with Crippen LogP contribution in [0.25, 0.3) is 0 Å². The molecular formula is C15H21BrO2S. The summed E-state index contributed by atoms with van der Waals surface area (Å²) in [7, 11) is -0.786. The van der Waals surface area contributed by atoms with Crippen LogP contribution in [0, 0.1) is 5.92 Å². The Balaban J connectivity index is 2.31. The van der Waals surface area contributed by atoms with Crippen LogP contribution >= 0.6 is 15.9 Å². The van der Waals surface area contributed by atoms with E-state index in [0.29, 0.717) is 24.5 Å². The molecule has 1 aromatic carbocycles. The summed E-state index contributed by atoms with van der Waals surface area (Å²) in [6.45, 7) is 4.23. The number of rotatable bonds is 8. The Bertz CT molecular complexity index is 428. The molecule has 0 aliphatic carbocycles. The Morgan fingerprint density at radius 1 is 1.32 bits per heavy atom. The largest absolute Gasteiger partial charge is 0.294 e. The fourth-order valence-electron chi connectivity index (χ4n) is 1.69. The second-order valence-corrected chi connectivity index (χ2v) is 7.39. The number of carbonyl (C=O) groups is 1. The van der Waals surface area contributed by atoms with E-state index in [-0.39, 0.29) is 5.78 Å². The van der Waals surface area contributed by atoms with Crippen molar-refractivity contribution in [1.82, 2.24) is 0 Å². The molecule has 0 aliphatic heterocycles. The minimum atomic E-state index is -0.786. The molecule has 0 bridgehead atoms. The summed E-state index contributed by atoms with van der Waals surface area (Å²) in [5, 5.41) is 0. The summed E-state index contributed by atoms with van der Waals surface area (Å²) < 4.78 is 12.7. The molecule has 106 valence electrons. The van der Waals surface area contributed by atoms with Crippen molar-refractivity contribution in [3.05, 3.63) is 34.3 Å². The molecule has 2 unspecified atom stereocenters. The van der Waals surface area contributed by atoms with Crippen molar-refractivity contribution in [2.24, 2.45) is 5.92 Å². The maximum atomic E-state index is 11.9. The highest BCUT2D eigenvalue weighted by molar-refractivity contribution is 9.10. The lowest BCUT2D eigenvalue weighted by Crippen LogP contribution is -2.11. The van der Waals surface area contributed by atoms with Crippen LogP contribution in [0.15, 0.2) is 28.7 Å². The first kappa shape index (κ1) is 16.6. The van der Waals surface area contributed by atoms with E-state index in [1.807, 2.05) is 24.3 Å². The molecule has 0 spiro atoms. The van der Waals surface area contributed by atoms with Crippen LogP contribution < -0.4 is 0 Å². The summed E-state index contributed by atoms with van der Waals surface area (Å²) in [4.78, 5) is 11.9. The zero-order chi connectivity index (χ0) is 14.3. The topological polar surface area (TPSA) is 34.1 Å². The molecule has 1 rings (SSSR count). The van der Waals surface area contributed by atoms with Crippen LogP contribution in [-0.4, -0.2) is 21.5 Å². The van der Waals surface area contributed by atoms with Crippen LogP contribution in [0.2, 0.25) is 0 Å². The van der Waals surface area contributed by atoms with Gasteiger partial charge in [-0.15, -0.1) is 0 Å². The lowest BCUT2D eigenvalue weighted by atomic mass is 10.1. The number of halogens is 1. The fourth-order valence-corrected chi connectivity index (χ4v) is 3.46. The van der Waals surface area contributed by atoms with E-state index in [4.69, 9.17) is 0 Å². The van der Waals surface area contributed by atoms with Crippen LogP contribution in [-0.2, 0) is 10.8 Å². The lowest BCUT2D eigenvalue weighted by Gasteiger charge is -2.07. The van der Waals surface area contributed by atoms with Crippen LogP contribution in [0.5, 0.6) is 0 Å². The fraction of sp³-hybridized carbons (Fsp3) is 0.533. The number of benzene rings is 1. The van der Waals surface area contributed by atoms with E-state index < -0.39 is 10.8 Å². The summed E-state index contributed by atoms with van der Waals surface area (Å²) in [6, 6.07) is 7.38. The minimum absolute atomic E-state index is 0.132. The van der Waals surface area contributed by atoms with Gasteiger partial charge in [0.1, 0.15) is 0 Å². The third kappa shape index (κ3) is 6.48. The zero-order valence-electron chi connectivity index (χ0n) is 11.5. The molecule has 0 radical (unpaired) electrons. The van der Waals surface area contributed by atoms with Gasteiger partial charge in [-0.25, -0.2) is 0 Å². The third-order valence-electron chi connectivity index (χ3n) is 3.11. The van der Waals surface area contributed by atoms with Crippen LogP contribution in [0.1, 0.15) is 43.5 Å². The van der Waals surface area contributed by atoms with Gasteiger partial charge in [-0.1, -0.05) is 48.3 Å². The summed E-state index contributed by atoms with van der Waals surface area (Å²) in [5.74, 6) is 2.02. The first-order valence-corrected chi connectivity index (χ1v) is 8.94. The van der Waals surface area contributed by atoms with Crippen molar-refractivity contribution >= 4 is 32.5 Å². The Morgan fingerprint density at radius 3 is 2.53 bits per heavy atom. The summed E-state index contributed by atoms with van der Waals surface area (Å²) >= 11 is 3.34. The highest BCUT2D eigenvalue weighted by Gasteiger charge is 2.09. The maximum absolute atomic E-state index is 11.9. The standard InChI is InChI=1S/C15H21BrO2S/c1-3-12(2)11-19(18)10-4-5-15(17)13-6-8-14(16)9-7-13/h6-9,12H,3-5,10-11H2,1-2H3. The average molecular weight is 345 g/mol. The Kier molecular flexibility index (Phi) is 7.54. The average Bonchev–Trinajstić information content (AvgIpc) is 2.39. The van der Waals surface area contributed by atoms with Gasteiger partial charge in [0.2, 0.25) is 0 Å². The molecule has 0 heterocycles. The lowest BCUT2D eigenvalue weighted by molar-refractivity contribution is 0.0982. The molecule has 0 saturated carbocycles. The van der Waals surface area contributed by atoms with Crippen molar-refractivity contribution < 1.29 is 9.00 Å². The van der Waals surface area contributed by atoms with E-state index in [9.17, 15) is 9.00 Å². The van der Waals surface area contributed by atoms with E-state index in [2.05, 4.69) is 29.8 Å². The van der Waals surface area contributed by atoms with Gasteiger partial charge in [0.15, 0.2) is 5.78 Å². The Hall–Kier alpha value is -0.480. The molecule has 1 aromatic rings. The first-order chi connectivity index (χ1) is 9.02. The van der Waals surface area contributed by atoms with Gasteiger partial charge < -0.3 is 0 Å². The number of ketones is 1. The quantitative estimate of drug-likeness (QED) is 0.662. The van der Waals surface area contributed by atoms with Gasteiger partial charge >= 0.3 is 0 Å². The first-order valence-electron chi connectivity index (χ1n) is 6.66. The van der Waals surface area contributed by atoms with Gasteiger partial charge in [0.25, 0.3) is 0 Å². The predicted octanol–water partition coefficient (Wildman–Crippen LogP) is 4.21. The van der Waals surface area contributed by atoms with E-state index in [1.165, 1.54) is 0 Å². The highest BCUT2D eigenvalue weighted by atomic mass is 79.9. The van der Waals surface area contributed by atoms with Gasteiger partial charge in [0, 0.05) is 38.8 Å². The van der Waals surface area contributed by atoms with Gasteiger partial charge in [-0.2, -0.15) is 0 Å². The Labute approximate surface area is 126 Å². The number of Topliss-reactive ketones (excluding diaryl/α,β-unsaturated/α-hetero) is 1. The van der Waals surface area contributed by atoms with Crippen LogP contribution in [0.3, 0.4) is 0 Å². The smallest absolute Gasteiger partial charge is 0.162 e. The highest BCUT2D eigenvalue weighted by Crippen LogP contribution is 2.13. The molecule has 0 fully saturated rings. The number of hydrogen-bond donors (Lipinski definition) is 0. The zero-order valence-corrected chi connectivity index (χ0v) is 13.9. The summed E-state index contributed by atoms with van der Waals surface area (Å²) in [5.41, 5.74) is 0.732. The van der Waals surface area contributed by atoms with Gasteiger partial charge in [-0.05, 0) is 24.5 Å². The Morgan fingerprint density at radius 2 is 1.95 bits per heavy atom. The maximum Gasteiger partial charge on any atom is 0.162 e. The van der Waals surface area contributed by atoms with Crippen molar-refractivity contribution in [3.8, 4) is 0 Å². The molecule has 0 saturated heterocycles. The third-order valence-corrected chi connectivity index (χ3v) is 5.32. The molecule has 4 heteroatoms. The second-order valence-electron chi connectivity index (χ2n) is 4.86. The SMILES string of the molecule is CCC(C)CS(=O)CCCC(=O)c1ccc(Br)cc1.